The van der Waals surface area contributed by atoms with Crippen molar-refractivity contribution in [2.75, 3.05) is 25.6 Å². The molecule has 0 amide bonds. The van der Waals surface area contributed by atoms with Crippen LogP contribution in [0.25, 0.3) is 22.2 Å². The van der Waals surface area contributed by atoms with Crippen LogP contribution >= 0.6 is 0 Å². The maximum Gasteiger partial charge on any atom is 0.307 e. The topological polar surface area (TPSA) is 104 Å². The minimum absolute atomic E-state index is 0.0930. The first-order chi connectivity index (χ1) is 21.5. The van der Waals surface area contributed by atoms with Gasteiger partial charge in [0.15, 0.2) is 0 Å². The molecule has 4 aromatic rings. The third kappa shape index (κ3) is 7.17. The van der Waals surface area contributed by atoms with Gasteiger partial charge in [-0.2, -0.15) is 4.39 Å². The molecule has 0 spiro atoms. The summed E-state index contributed by atoms with van der Waals surface area (Å²) in [6.45, 7) is 2.22. The molecule has 4 heterocycles. The Bertz CT molecular complexity index is 1650. The maximum atomic E-state index is 14.2. The van der Waals surface area contributed by atoms with E-state index in [4.69, 9.17) is 41.9 Å². The van der Waals surface area contributed by atoms with Gasteiger partial charge >= 0.3 is 5.69 Å². The molecule has 2 aromatic heterocycles. The molecule has 6 rings (SSSR count). The summed E-state index contributed by atoms with van der Waals surface area (Å²) in [4.78, 5) is 19.8. The Hall–Kier alpha value is -4.91. The molecule has 44 heavy (non-hydrogen) atoms. The molecule has 2 aliphatic heterocycles. The highest BCUT2D eigenvalue weighted by Gasteiger charge is 2.22. The van der Waals surface area contributed by atoms with Crippen molar-refractivity contribution in [2.45, 2.75) is 25.8 Å². The number of halogens is 7. The lowest BCUT2D eigenvalue weighted by molar-refractivity contribution is -0.387. The lowest BCUT2D eigenvalue weighted by Gasteiger charge is -2.14. The Morgan fingerprint density at radius 2 is 1.95 bits per heavy atom. The van der Waals surface area contributed by atoms with E-state index in [1.807, 2.05) is 0 Å². The fourth-order valence-corrected chi connectivity index (χ4v) is 5.08. The van der Waals surface area contributed by atoms with Crippen molar-refractivity contribution in [1.29, 1.82) is 0 Å². The Morgan fingerprint density at radius 3 is 2.64 bits per heavy atom. The van der Waals surface area contributed by atoms with Crippen molar-refractivity contribution in [3.05, 3.63) is 69.8 Å². The second kappa shape index (κ2) is 16.1. The number of rotatable bonds is 5. The average Bonchev–Trinajstić information content (AvgIpc) is 3.73. The number of hydrogen-bond donors (Lipinski definition) is 1. The summed E-state index contributed by atoms with van der Waals surface area (Å²) in [7, 11) is 1.36. The molecule has 0 aliphatic carbocycles. The average molecular weight is 628 g/mol. The normalized spacial score (nSPS) is 14.4. The molecular weight excluding hydrogens is 603 g/mol. The Labute approximate surface area is 245 Å². The number of hydrogen-bond acceptors (Lipinski definition) is 7. The molecular formula is C28H24F7N5O4. The van der Waals surface area contributed by atoms with Gasteiger partial charge in [-0.25, -0.2) is 9.97 Å². The van der Waals surface area contributed by atoms with Gasteiger partial charge in [-0.05, 0) is 24.8 Å². The summed E-state index contributed by atoms with van der Waals surface area (Å²) in [5, 5.41) is 15.4. The first-order valence-electron chi connectivity index (χ1n) is 12.8. The van der Waals surface area contributed by atoms with Crippen molar-refractivity contribution in [3.63, 3.8) is 0 Å². The number of ether oxygens (including phenoxy) is 2. The summed E-state index contributed by atoms with van der Waals surface area (Å²) >= 11 is 0. The fourth-order valence-electron chi connectivity index (χ4n) is 5.08. The Balaban J connectivity index is 0.000000832. The van der Waals surface area contributed by atoms with E-state index >= 15 is 0 Å². The first kappa shape index (κ1) is 33.6. The number of methoxy groups -OCH3 is 1. The number of aromatic nitrogens is 3. The molecule has 2 aromatic carbocycles. The molecule has 234 valence electrons. The number of nitro groups is 1. The molecule has 2 aliphatic rings. The van der Waals surface area contributed by atoms with Crippen molar-refractivity contribution < 1.29 is 46.2 Å². The maximum absolute atomic E-state index is 14.2. The summed E-state index contributed by atoms with van der Waals surface area (Å²) in [5.41, 5.74) is 4.24. The zero-order valence-electron chi connectivity index (χ0n) is 22.9. The van der Waals surface area contributed by atoms with Crippen LogP contribution in [0.2, 0.25) is 0 Å². The van der Waals surface area contributed by atoms with Crippen molar-refractivity contribution in [3.8, 4) is 28.8 Å². The second-order valence-electron chi connectivity index (χ2n) is 9.32. The highest BCUT2D eigenvalue weighted by Crippen LogP contribution is 2.37. The molecule has 0 saturated carbocycles. The van der Waals surface area contributed by atoms with E-state index in [-0.39, 0.29) is 23.3 Å². The smallest absolute Gasteiger partial charge is 0.307 e. The van der Waals surface area contributed by atoms with Gasteiger partial charge in [-0.1, -0.05) is 30.0 Å². The van der Waals surface area contributed by atoms with E-state index in [1.54, 1.807) is 6.20 Å². The fraction of sp³-hybridized carbons (Fsp3) is 0.286. The summed E-state index contributed by atoms with van der Waals surface area (Å²) in [5.74, 6) is 6.00. The van der Waals surface area contributed by atoms with Gasteiger partial charge in [0.05, 0.1) is 41.1 Å². The quantitative estimate of drug-likeness (QED) is 0.104. The zero-order valence-corrected chi connectivity index (χ0v) is 22.9. The summed E-state index contributed by atoms with van der Waals surface area (Å²) in [6, 6.07) is 8.34. The van der Waals surface area contributed by atoms with Gasteiger partial charge in [0, 0.05) is 82.0 Å². The third-order valence-electron chi connectivity index (χ3n) is 6.92. The van der Waals surface area contributed by atoms with Gasteiger partial charge in [0.1, 0.15) is 5.75 Å². The van der Waals surface area contributed by atoms with Crippen LogP contribution in [0.4, 0.5) is 49.2 Å². The SMILES string of the molecule is COc1cc(F)c([N+](=O)[O-])cc1Nc1ncc(C#CC2CCOC2)c(-c2cn3c4c(cccc24)CCC3)n1.FF.FF.FF. The van der Waals surface area contributed by atoms with Gasteiger partial charge in [0.25, 0.3) is 0 Å². The number of anilines is 2. The van der Waals surface area contributed by atoms with Gasteiger partial charge in [-0.3, -0.25) is 10.1 Å². The van der Waals surface area contributed by atoms with Crippen LogP contribution in [0.3, 0.4) is 0 Å². The molecule has 0 radical (unpaired) electrons. The third-order valence-corrected chi connectivity index (χ3v) is 6.92. The number of nitro benzene ring substituents is 1. The molecule has 1 fully saturated rings. The van der Waals surface area contributed by atoms with E-state index in [0.29, 0.717) is 24.5 Å². The van der Waals surface area contributed by atoms with E-state index in [9.17, 15) is 14.5 Å². The van der Waals surface area contributed by atoms with E-state index in [2.05, 4.69) is 51.1 Å². The molecule has 1 atom stereocenters. The number of nitrogens with zero attached hydrogens (tertiary/aromatic N) is 4. The van der Waals surface area contributed by atoms with E-state index in [1.165, 1.54) is 18.2 Å². The lowest BCUT2D eigenvalue weighted by atomic mass is 10.0. The monoisotopic (exact) mass is 627 g/mol. The number of aryl methyl sites for hydroxylation is 2. The number of benzene rings is 2. The molecule has 16 heteroatoms. The first-order valence-corrected chi connectivity index (χ1v) is 12.8. The van der Waals surface area contributed by atoms with Crippen LogP contribution < -0.4 is 10.1 Å². The van der Waals surface area contributed by atoms with Gasteiger partial charge in [-0.15, -0.1) is 0 Å². The van der Waals surface area contributed by atoms with Gasteiger partial charge in [0.2, 0.25) is 11.8 Å². The zero-order chi connectivity index (χ0) is 32.2. The minimum Gasteiger partial charge on any atom is -0.494 e. The van der Waals surface area contributed by atoms with Crippen LogP contribution in [0.1, 0.15) is 24.0 Å². The molecule has 1 saturated heterocycles. The van der Waals surface area contributed by atoms with Crippen molar-refractivity contribution in [1.82, 2.24) is 14.5 Å². The van der Waals surface area contributed by atoms with E-state index < -0.39 is 16.4 Å². The number of nitrogens with one attached hydrogen (secondary N) is 1. The Kier molecular flexibility index (Phi) is 12.3. The van der Waals surface area contributed by atoms with Crippen LogP contribution in [0.15, 0.2) is 42.7 Å². The van der Waals surface area contributed by atoms with Gasteiger partial charge < -0.3 is 19.4 Å². The summed E-state index contributed by atoms with van der Waals surface area (Å²) < 4.78 is 75.1. The van der Waals surface area contributed by atoms with Crippen molar-refractivity contribution in [2.24, 2.45) is 5.92 Å². The largest absolute Gasteiger partial charge is 0.494 e. The lowest BCUT2D eigenvalue weighted by Crippen LogP contribution is -2.05. The molecule has 1 N–H and O–H groups in total. The minimum atomic E-state index is -0.991. The van der Waals surface area contributed by atoms with Crippen LogP contribution in [0.5, 0.6) is 5.75 Å². The predicted octanol–water partition coefficient (Wildman–Crippen LogP) is 7.75. The number of para-hydroxylation sites is 1. The van der Waals surface area contributed by atoms with Crippen LogP contribution in [-0.2, 0) is 17.7 Å². The van der Waals surface area contributed by atoms with Crippen LogP contribution in [0, 0.1) is 33.7 Å². The molecule has 0 bridgehead atoms. The van der Waals surface area contributed by atoms with Crippen LogP contribution in [-0.4, -0.2) is 39.8 Å². The highest BCUT2D eigenvalue weighted by molar-refractivity contribution is 5.98. The summed E-state index contributed by atoms with van der Waals surface area (Å²) in [6.07, 6.45) is 6.72. The second-order valence-corrected chi connectivity index (χ2v) is 9.32. The molecule has 9 nitrogen and oxygen atoms in total. The standard InChI is InChI=1S/C28H24FN5O4.3F2/c1-37-25-12-22(29)24(34(35)36)13-23(25)31-28-30-14-19(8-7-17-9-11-38-16-17)26(32-28)21-15-33-10-3-5-18-4-2-6-20(21)27(18)33;3*1-2/h2,4,6,12-15,17H,3,5,9-11,16H2,1H3,(H,30,31,32);;;. The van der Waals surface area contributed by atoms with E-state index in [0.717, 1.165) is 48.9 Å². The highest BCUT2D eigenvalue weighted by atomic mass is 20.0. The predicted molar refractivity (Wildman–Crippen MR) is 147 cm³/mol. The Morgan fingerprint density at radius 1 is 1.18 bits per heavy atom. The van der Waals surface area contributed by atoms with Crippen molar-refractivity contribution >= 4 is 28.2 Å². The molecule has 1 unspecified atom stereocenters.